The summed E-state index contributed by atoms with van der Waals surface area (Å²) in [5.74, 6) is -0.325. The number of ether oxygens (including phenoxy) is 1. The lowest BCUT2D eigenvalue weighted by atomic mass is 10.1. The SMILES string of the molecule is CCCn1nncc1CC(=O)CCC(=O)OCC. The van der Waals surface area contributed by atoms with Crippen molar-refractivity contribution in [2.75, 3.05) is 6.61 Å². The first-order chi connectivity index (χ1) is 8.67. The molecule has 0 aliphatic carbocycles. The van der Waals surface area contributed by atoms with Crippen molar-refractivity contribution in [1.82, 2.24) is 15.0 Å². The molecule has 1 aromatic rings. The van der Waals surface area contributed by atoms with Crippen LogP contribution in [0.15, 0.2) is 6.20 Å². The van der Waals surface area contributed by atoms with Crippen LogP contribution < -0.4 is 0 Å². The van der Waals surface area contributed by atoms with Crippen LogP contribution in [0.1, 0.15) is 38.8 Å². The number of hydrogen-bond acceptors (Lipinski definition) is 5. The summed E-state index contributed by atoms with van der Waals surface area (Å²) in [6.07, 6.45) is 3.15. The molecule has 0 atom stereocenters. The summed E-state index contributed by atoms with van der Waals surface area (Å²) < 4.78 is 6.49. The van der Waals surface area contributed by atoms with Crippen LogP contribution in [0.5, 0.6) is 0 Å². The number of hydrogen-bond donors (Lipinski definition) is 0. The lowest BCUT2D eigenvalue weighted by molar-refractivity contribution is -0.144. The summed E-state index contributed by atoms with van der Waals surface area (Å²) in [6.45, 7) is 4.88. The van der Waals surface area contributed by atoms with E-state index in [0.29, 0.717) is 6.61 Å². The highest BCUT2D eigenvalue weighted by Gasteiger charge is 2.11. The van der Waals surface area contributed by atoms with E-state index in [9.17, 15) is 9.59 Å². The summed E-state index contributed by atoms with van der Waals surface area (Å²) in [5, 5.41) is 7.69. The number of Topliss-reactive ketones (excluding diaryl/α,β-unsaturated/α-hetero) is 1. The Bertz CT molecular complexity index is 401. The second-order valence-electron chi connectivity index (χ2n) is 3.97. The Morgan fingerprint density at radius 3 is 2.78 bits per heavy atom. The Kier molecular flexibility index (Phi) is 6.04. The van der Waals surface area contributed by atoms with Gasteiger partial charge in [-0.1, -0.05) is 12.1 Å². The predicted octanol–water partition coefficient (Wildman–Crippen LogP) is 1.14. The van der Waals surface area contributed by atoms with E-state index in [2.05, 4.69) is 10.3 Å². The molecule has 6 nitrogen and oxygen atoms in total. The van der Waals surface area contributed by atoms with E-state index in [1.165, 1.54) is 0 Å². The maximum Gasteiger partial charge on any atom is 0.306 e. The zero-order chi connectivity index (χ0) is 13.4. The summed E-state index contributed by atoms with van der Waals surface area (Å²) in [5.41, 5.74) is 0.797. The molecule has 0 fully saturated rings. The van der Waals surface area contributed by atoms with Crippen molar-refractivity contribution in [3.05, 3.63) is 11.9 Å². The zero-order valence-electron chi connectivity index (χ0n) is 10.9. The Labute approximate surface area is 106 Å². The molecule has 1 rings (SSSR count). The molecule has 0 spiro atoms. The molecule has 0 aliphatic heterocycles. The quantitative estimate of drug-likeness (QED) is 0.649. The van der Waals surface area contributed by atoms with Crippen molar-refractivity contribution in [1.29, 1.82) is 0 Å². The highest BCUT2D eigenvalue weighted by molar-refractivity contribution is 5.84. The highest BCUT2D eigenvalue weighted by atomic mass is 16.5. The molecule has 1 aromatic heterocycles. The van der Waals surface area contributed by atoms with Crippen molar-refractivity contribution in [3.8, 4) is 0 Å². The maximum atomic E-state index is 11.7. The van der Waals surface area contributed by atoms with Gasteiger partial charge in [-0.2, -0.15) is 0 Å². The third-order valence-corrected chi connectivity index (χ3v) is 2.42. The number of aryl methyl sites for hydroxylation is 1. The lowest BCUT2D eigenvalue weighted by Crippen LogP contribution is -2.12. The Morgan fingerprint density at radius 1 is 1.33 bits per heavy atom. The molecule has 0 radical (unpaired) electrons. The van der Waals surface area contributed by atoms with E-state index >= 15 is 0 Å². The third kappa shape index (κ3) is 4.65. The predicted molar refractivity (Wildman–Crippen MR) is 64.9 cm³/mol. The van der Waals surface area contributed by atoms with Gasteiger partial charge in [0.1, 0.15) is 5.78 Å². The second-order valence-corrected chi connectivity index (χ2v) is 3.97. The fourth-order valence-electron chi connectivity index (χ4n) is 1.58. The average Bonchev–Trinajstić information content (AvgIpc) is 2.75. The van der Waals surface area contributed by atoms with E-state index in [-0.39, 0.29) is 31.0 Å². The van der Waals surface area contributed by atoms with Crippen LogP contribution >= 0.6 is 0 Å². The van der Waals surface area contributed by atoms with Crippen LogP contribution in [0.2, 0.25) is 0 Å². The van der Waals surface area contributed by atoms with Crippen molar-refractivity contribution in [2.24, 2.45) is 0 Å². The molecule has 0 aromatic carbocycles. The molecule has 100 valence electrons. The monoisotopic (exact) mass is 253 g/mol. The Hall–Kier alpha value is -1.72. The number of carbonyl (C=O) groups excluding carboxylic acids is 2. The van der Waals surface area contributed by atoms with Crippen LogP contribution in [-0.4, -0.2) is 33.4 Å². The molecule has 1 heterocycles. The summed E-state index contributed by atoms with van der Waals surface area (Å²) >= 11 is 0. The van der Waals surface area contributed by atoms with Crippen LogP contribution in [-0.2, 0) is 27.3 Å². The van der Waals surface area contributed by atoms with Crippen LogP contribution in [0.25, 0.3) is 0 Å². The number of carbonyl (C=O) groups is 2. The first-order valence-electron chi connectivity index (χ1n) is 6.22. The van der Waals surface area contributed by atoms with Gasteiger partial charge < -0.3 is 4.74 Å². The standard InChI is InChI=1S/C12H19N3O3/c1-3-7-15-10(9-13-14-15)8-11(16)5-6-12(17)18-4-2/h9H,3-8H2,1-2H3. The maximum absolute atomic E-state index is 11.7. The first kappa shape index (κ1) is 14.3. The van der Waals surface area contributed by atoms with Crippen LogP contribution in [0.4, 0.5) is 0 Å². The number of rotatable bonds is 8. The minimum absolute atomic E-state index is 0.00251. The molecule has 6 heteroatoms. The van der Waals surface area contributed by atoms with Crippen LogP contribution in [0, 0.1) is 0 Å². The Balaban J connectivity index is 2.39. The minimum Gasteiger partial charge on any atom is -0.466 e. The van der Waals surface area contributed by atoms with Gasteiger partial charge in [0.05, 0.1) is 24.9 Å². The number of ketones is 1. The van der Waals surface area contributed by atoms with Gasteiger partial charge in [0.15, 0.2) is 0 Å². The van der Waals surface area contributed by atoms with Crippen molar-refractivity contribution in [2.45, 2.75) is 46.1 Å². The average molecular weight is 253 g/mol. The minimum atomic E-state index is -0.328. The number of esters is 1. The fourth-order valence-corrected chi connectivity index (χ4v) is 1.58. The largest absolute Gasteiger partial charge is 0.466 e. The molecule has 0 bridgehead atoms. The summed E-state index contributed by atoms with van der Waals surface area (Å²) in [4.78, 5) is 22.8. The van der Waals surface area contributed by atoms with Gasteiger partial charge in [-0.05, 0) is 13.3 Å². The van der Waals surface area contributed by atoms with Gasteiger partial charge in [-0.15, -0.1) is 5.10 Å². The Morgan fingerprint density at radius 2 is 2.11 bits per heavy atom. The number of aromatic nitrogens is 3. The number of nitrogens with zero attached hydrogens (tertiary/aromatic N) is 3. The molecule has 18 heavy (non-hydrogen) atoms. The van der Waals surface area contributed by atoms with Gasteiger partial charge in [0.2, 0.25) is 0 Å². The molecular weight excluding hydrogens is 234 g/mol. The van der Waals surface area contributed by atoms with Crippen molar-refractivity contribution in [3.63, 3.8) is 0 Å². The van der Waals surface area contributed by atoms with E-state index in [0.717, 1.165) is 18.7 Å². The lowest BCUT2D eigenvalue weighted by Gasteiger charge is -2.04. The molecule has 0 saturated heterocycles. The molecule has 0 saturated carbocycles. The van der Waals surface area contributed by atoms with E-state index < -0.39 is 0 Å². The van der Waals surface area contributed by atoms with Gasteiger partial charge in [0, 0.05) is 19.4 Å². The molecule has 0 aliphatic rings. The summed E-state index contributed by atoms with van der Waals surface area (Å²) in [6, 6.07) is 0. The molecule has 0 unspecified atom stereocenters. The highest BCUT2D eigenvalue weighted by Crippen LogP contribution is 2.04. The fraction of sp³-hybridized carbons (Fsp3) is 0.667. The second kappa shape index (κ2) is 7.58. The third-order valence-electron chi connectivity index (χ3n) is 2.42. The molecule has 0 N–H and O–H groups in total. The van der Waals surface area contributed by atoms with Gasteiger partial charge >= 0.3 is 5.97 Å². The topological polar surface area (TPSA) is 74.1 Å². The van der Waals surface area contributed by atoms with Crippen molar-refractivity contribution < 1.29 is 14.3 Å². The zero-order valence-corrected chi connectivity index (χ0v) is 10.9. The first-order valence-corrected chi connectivity index (χ1v) is 6.22. The van der Waals surface area contributed by atoms with Crippen molar-refractivity contribution >= 4 is 11.8 Å². The molecule has 0 amide bonds. The summed E-state index contributed by atoms with van der Waals surface area (Å²) in [7, 11) is 0. The van der Waals surface area contributed by atoms with E-state index in [1.54, 1.807) is 17.8 Å². The molecular formula is C12H19N3O3. The van der Waals surface area contributed by atoms with Gasteiger partial charge in [0.25, 0.3) is 0 Å². The van der Waals surface area contributed by atoms with Gasteiger partial charge in [-0.25, -0.2) is 4.68 Å². The normalized spacial score (nSPS) is 10.3. The van der Waals surface area contributed by atoms with E-state index in [1.807, 2.05) is 6.92 Å². The van der Waals surface area contributed by atoms with Crippen LogP contribution in [0.3, 0.4) is 0 Å². The van der Waals surface area contributed by atoms with Gasteiger partial charge in [-0.3, -0.25) is 9.59 Å². The smallest absolute Gasteiger partial charge is 0.306 e. The van der Waals surface area contributed by atoms with E-state index in [4.69, 9.17) is 4.74 Å².